The van der Waals surface area contributed by atoms with Crippen molar-refractivity contribution in [3.05, 3.63) is 41.2 Å². The van der Waals surface area contributed by atoms with Crippen molar-refractivity contribution < 1.29 is 28.3 Å². The molecule has 9 nitrogen and oxygen atoms in total. The number of anilines is 1. The molecule has 130 valence electrons. The third-order valence-corrected chi connectivity index (χ3v) is 4.25. The molecule has 0 radical (unpaired) electrons. The first kappa shape index (κ1) is 16.7. The Balaban J connectivity index is 1.53. The first-order chi connectivity index (χ1) is 12.0. The molecule has 2 aromatic heterocycles. The van der Waals surface area contributed by atoms with Crippen LogP contribution in [0.2, 0.25) is 0 Å². The molecule has 0 atom stereocenters. The van der Waals surface area contributed by atoms with Crippen LogP contribution in [0.4, 0.5) is 9.80 Å². The summed E-state index contributed by atoms with van der Waals surface area (Å²) in [4.78, 5) is 48.1. The van der Waals surface area contributed by atoms with Crippen LogP contribution in [-0.2, 0) is 9.53 Å². The first-order valence-corrected chi connectivity index (χ1v) is 8.06. The number of carbonyl (C=O) groups is 4. The Kier molecular flexibility index (Phi) is 4.80. The van der Waals surface area contributed by atoms with Gasteiger partial charge in [-0.15, -0.1) is 11.3 Å². The van der Waals surface area contributed by atoms with Gasteiger partial charge in [-0.25, -0.2) is 9.59 Å². The fraction of sp³-hybridized carbons (Fsp3) is 0.200. The Hall–Kier alpha value is -3.14. The van der Waals surface area contributed by atoms with E-state index in [1.165, 1.54) is 24.5 Å². The van der Waals surface area contributed by atoms with Crippen LogP contribution < -0.4 is 10.6 Å². The van der Waals surface area contributed by atoms with Crippen LogP contribution in [0, 0.1) is 0 Å². The summed E-state index contributed by atoms with van der Waals surface area (Å²) >= 11 is 0.999. The second-order valence-corrected chi connectivity index (χ2v) is 6.03. The van der Waals surface area contributed by atoms with E-state index in [-0.39, 0.29) is 17.2 Å². The molecule has 10 heteroatoms. The number of furan rings is 1. The molecular weight excluding hydrogens is 350 g/mol. The van der Waals surface area contributed by atoms with Gasteiger partial charge in [0.25, 0.3) is 11.8 Å². The molecule has 1 aliphatic heterocycles. The number of nitrogens with zero attached hydrogens (tertiary/aromatic N) is 1. The van der Waals surface area contributed by atoms with Crippen molar-refractivity contribution in [1.82, 2.24) is 10.2 Å². The summed E-state index contributed by atoms with van der Waals surface area (Å²) in [5, 5.41) is 5.50. The molecule has 1 aliphatic rings. The van der Waals surface area contributed by atoms with Crippen LogP contribution >= 0.6 is 11.3 Å². The highest BCUT2D eigenvalue weighted by Gasteiger charge is 2.27. The number of ether oxygens (including phenoxy) is 1. The minimum atomic E-state index is -0.712. The number of hydrogen-bond donors (Lipinski definition) is 2. The molecule has 2 N–H and O–H groups in total. The van der Waals surface area contributed by atoms with Gasteiger partial charge in [0.15, 0.2) is 12.4 Å². The lowest BCUT2D eigenvalue weighted by Gasteiger charge is -2.11. The zero-order valence-corrected chi connectivity index (χ0v) is 13.6. The van der Waals surface area contributed by atoms with E-state index in [9.17, 15) is 19.2 Å². The lowest BCUT2D eigenvalue weighted by Crippen LogP contribution is -2.37. The van der Waals surface area contributed by atoms with Gasteiger partial charge in [0.1, 0.15) is 4.88 Å². The standard InChI is InChI=1S/C15H13N3O6S/c19-12(18-6-5-16-15(18)22)8-24-14(21)10-3-4-11(25-10)17-13(20)9-2-1-7-23-9/h1-4,7H,5-6,8H2,(H,16,22)(H,17,20). The SMILES string of the molecule is O=C(Nc1ccc(C(=O)OCC(=O)N2CCNC2=O)s1)c1ccco1. The number of thiophene rings is 1. The van der Waals surface area contributed by atoms with E-state index >= 15 is 0 Å². The van der Waals surface area contributed by atoms with Crippen LogP contribution in [0.5, 0.6) is 0 Å². The molecule has 2 aromatic rings. The number of carbonyl (C=O) groups excluding carboxylic acids is 4. The Labute approximate surface area is 145 Å². The van der Waals surface area contributed by atoms with E-state index in [2.05, 4.69) is 10.6 Å². The van der Waals surface area contributed by atoms with Gasteiger partial charge in [0, 0.05) is 13.1 Å². The molecule has 0 spiro atoms. The maximum atomic E-state index is 12.0. The fourth-order valence-electron chi connectivity index (χ4n) is 2.08. The smallest absolute Gasteiger partial charge is 0.348 e. The predicted octanol–water partition coefficient (Wildman–Crippen LogP) is 1.30. The summed E-state index contributed by atoms with van der Waals surface area (Å²) in [6.07, 6.45) is 1.38. The Bertz CT molecular complexity index is 813. The summed E-state index contributed by atoms with van der Waals surface area (Å²) < 4.78 is 9.88. The summed E-state index contributed by atoms with van der Waals surface area (Å²) in [6.45, 7) is 0.0948. The van der Waals surface area contributed by atoms with E-state index < -0.39 is 30.4 Å². The molecule has 1 fully saturated rings. The van der Waals surface area contributed by atoms with E-state index in [1.807, 2.05) is 0 Å². The summed E-state index contributed by atoms with van der Waals surface area (Å²) in [5.74, 6) is -1.60. The van der Waals surface area contributed by atoms with Crippen molar-refractivity contribution in [3.8, 4) is 0 Å². The Morgan fingerprint density at radius 2 is 2.16 bits per heavy atom. The van der Waals surface area contributed by atoms with Crippen molar-refractivity contribution >= 4 is 40.2 Å². The van der Waals surface area contributed by atoms with Gasteiger partial charge in [-0.05, 0) is 24.3 Å². The van der Waals surface area contributed by atoms with Crippen LogP contribution in [0.3, 0.4) is 0 Å². The molecule has 0 saturated carbocycles. The van der Waals surface area contributed by atoms with Crippen LogP contribution in [0.1, 0.15) is 20.2 Å². The highest BCUT2D eigenvalue weighted by molar-refractivity contribution is 7.18. The molecule has 25 heavy (non-hydrogen) atoms. The molecule has 0 aliphatic carbocycles. The zero-order chi connectivity index (χ0) is 17.8. The first-order valence-electron chi connectivity index (χ1n) is 7.24. The topological polar surface area (TPSA) is 118 Å². The average molecular weight is 363 g/mol. The van der Waals surface area contributed by atoms with Crippen LogP contribution in [0.15, 0.2) is 34.9 Å². The van der Waals surface area contributed by atoms with Crippen LogP contribution in [0.25, 0.3) is 0 Å². The summed E-state index contributed by atoms with van der Waals surface area (Å²) in [5.41, 5.74) is 0. The molecule has 3 heterocycles. The van der Waals surface area contributed by atoms with Gasteiger partial charge >= 0.3 is 12.0 Å². The number of esters is 1. The second-order valence-electron chi connectivity index (χ2n) is 4.95. The average Bonchev–Trinajstić information content (AvgIpc) is 3.33. The largest absolute Gasteiger partial charge is 0.459 e. The van der Waals surface area contributed by atoms with E-state index in [4.69, 9.17) is 9.15 Å². The molecule has 4 amide bonds. The molecule has 0 bridgehead atoms. The van der Waals surface area contributed by atoms with Gasteiger partial charge in [-0.1, -0.05) is 0 Å². The van der Waals surface area contributed by atoms with E-state index in [1.54, 1.807) is 6.07 Å². The minimum Gasteiger partial charge on any atom is -0.459 e. The lowest BCUT2D eigenvalue weighted by molar-refractivity contribution is -0.130. The zero-order valence-electron chi connectivity index (χ0n) is 12.8. The maximum Gasteiger partial charge on any atom is 0.348 e. The predicted molar refractivity (Wildman–Crippen MR) is 86.4 cm³/mol. The maximum absolute atomic E-state index is 12.0. The van der Waals surface area contributed by atoms with Gasteiger partial charge in [-0.2, -0.15) is 0 Å². The number of urea groups is 1. The summed E-state index contributed by atoms with van der Waals surface area (Å²) in [7, 11) is 0. The van der Waals surface area contributed by atoms with Gasteiger partial charge in [0.2, 0.25) is 0 Å². The Morgan fingerprint density at radius 3 is 2.84 bits per heavy atom. The van der Waals surface area contributed by atoms with E-state index in [0.717, 1.165) is 16.2 Å². The third-order valence-electron chi connectivity index (χ3n) is 3.27. The molecule has 3 rings (SSSR count). The number of rotatable bonds is 5. The van der Waals surface area contributed by atoms with Crippen molar-refractivity contribution in [1.29, 1.82) is 0 Å². The highest BCUT2D eigenvalue weighted by Crippen LogP contribution is 2.23. The van der Waals surface area contributed by atoms with Crippen molar-refractivity contribution in [2.75, 3.05) is 25.0 Å². The lowest BCUT2D eigenvalue weighted by atomic mass is 10.4. The van der Waals surface area contributed by atoms with Crippen LogP contribution in [-0.4, -0.2) is 48.4 Å². The normalized spacial score (nSPS) is 13.4. The second kappa shape index (κ2) is 7.18. The van der Waals surface area contributed by atoms with Crippen molar-refractivity contribution in [2.24, 2.45) is 0 Å². The van der Waals surface area contributed by atoms with Crippen molar-refractivity contribution in [2.45, 2.75) is 0 Å². The molecule has 0 aromatic carbocycles. The quantitative estimate of drug-likeness (QED) is 0.773. The van der Waals surface area contributed by atoms with Crippen molar-refractivity contribution in [3.63, 3.8) is 0 Å². The van der Waals surface area contributed by atoms with Gasteiger partial charge in [-0.3, -0.25) is 14.5 Å². The van der Waals surface area contributed by atoms with E-state index in [0.29, 0.717) is 11.5 Å². The van der Waals surface area contributed by atoms with Gasteiger partial charge in [0.05, 0.1) is 11.3 Å². The number of imide groups is 1. The van der Waals surface area contributed by atoms with Gasteiger partial charge < -0.3 is 19.8 Å². The Morgan fingerprint density at radius 1 is 1.32 bits per heavy atom. The third kappa shape index (κ3) is 3.86. The molecule has 0 unspecified atom stereocenters. The summed E-state index contributed by atoms with van der Waals surface area (Å²) in [6, 6.07) is 5.61. The fourth-order valence-corrected chi connectivity index (χ4v) is 2.88. The number of hydrogen-bond acceptors (Lipinski definition) is 7. The highest BCUT2D eigenvalue weighted by atomic mass is 32.1. The minimum absolute atomic E-state index is 0.145. The monoisotopic (exact) mass is 363 g/mol. The number of nitrogens with one attached hydrogen (secondary N) is 2. The molecular formula is C15H13N3O6S. The molecule has 1 saturated heterocycles. The number of amides is 4.